The fraction of sp³-hybridized carbons (Fsp3) is 0.211. The van der Waals surface area contributed by atoms with Crippen LogP contribution in [0.25, 0.3) is 0 Å². The molecule has 0 saturated carbocycles. The summed E-state index contributed by atoms with van der Waals surface area (Å²) in [5.41, 5.74) is 5.18. The third-order valence-electron chi connectivity index (χ3n) is 3.63. The van der Waals surface area contributed by atoms with Crippen LogP contribution in [0.3, 0.4) is 0 Å². The Morgan fingerprint density at radius 3 is 2.35 bits per heavy atom. The molecule has 0 atom stereocenters. The summed E-state index contributed by atoms with van der Waals surface area (Å²) in [6.07, 6.45) is 1.18. The highest BCUT2D eigenvalue weighted by molar-refractivity contribution is 6.03. The highest BCUT2D eigenvalue weighted by atomic mass is 16.4. The minimum Gasteiger partial charge on any atom is -0.507 e. The fourth-order valence-corrected chi connectivity index (χ4v) is 2.25. The number of anilines is 2. The number of aromatic hydroxyl groups is 1. The maximum atomic E-state index is 11.7. The number of hydrogen-bond donors (Lipinski definition) is 4. The van der Waals surface area contributed by atoms with Crippen LogP contribution in [0.4, 0.5) is 11.4 Å². The maximum absolute atomic E-state index is 11.7. The van der Waals surface area contributed by atoms with Crippen LogP contribution >= 0.6 is 0 Å². The van der Waals surface area contributed by atoms with Crippen LogP contribution in [0.1, 0.15) is 42.6 Å². The molecular weight excluding hydrogens is 334 g/mol. The highest BCUT2D eigenvalue weighted by Gasteiger charge is 2.09. The van der Waals surface area contributed by atoms with E-state index >= 15 is 0 Å². The third kappa shape index (κ3) is 5.07. The molecular formula is C19H21N3O4. The second kappa shape index (κ2) is 8.66. The molecule has 0 aliphatic carbocycles. The molecule has 0 aliphatic rings. The number of hydrazone groups is 1. The number of carboxylic acids is 1. The molecule has 0 heterocycles. The Kier molecular flexibility index (Phi) is 6.32. The number of phenolic OH excluding ortho intramolecular Hbond substituents is 1. The summed E-state index contributed by atoms with van der Waals surface area (Å²) in [6, 6.07) is 10.9. The summed E-state index contributed by atoms with van der Waals surface area (Å²) >= 11 is 0. The summed E-state index contributed by atoms with van der Waals surface area (Å²) in [6.45, 7) is 3.64. The van der Waals surface area contributed by atoms with Gasteiger partial charge in [0, 0.05) is 17.7 Å². The first-order valence-electron chi connectivity index (χ1n) is 8.17. The summed E-state index contributed by atoms with van der Waals surface area (Å²) in [4.78, 5) is 22.6. The number of aromatic carboxylic acids is 1. The third-order valence-corrected chi connectivity index (χ3v) is 3.63. The monoisotopic (exact) mass is 355 g/mol. The van der Waals surface area contributed by atoms with Gasteiger partial charge in [0.05, 0.1) is 17.0 Å². The van der Waals surface area contributed by atoms with Crippen LogP contribution in [0.2, 0.25) is 0 Å². The van der Waals surface area contributed by atoms with Crippen LogP contribution in [-0.2, 0) is 4.79 Å². The Morgan fingerprint density at radius 1 is 1.08 bits per heavy atom. The highest BCUT2D eigenvalue weighted by Crippen LogP contribution is 2.23. The van der Waals surface area contributed by atoms with Crippen molar-refractivity contribution in [2.45, 2.75) is 26.7 Å². The number of phenols is 1. The largest absolute Gasteiger partial charge is 0.507 e. The molecule has 0 unspecified atom stereocenters. The molecule has 1 amide bonds. The average molecular weight is 355 g/mol. The van der Waals surface area contributed by atoms with Gasteiger partial charge >= 0.3 is 5.97 Å². The Morgan fingerprint density at radius 2 is 1.73 bits per heavy atom. The smallest absolute Gasteiger partial charge is 0.335 e. The molecule has 7 nitrogen and oxygen atoms in total. The Balaban J connectivity index is 2.14. The van der Waals surface area contributed by atoms with Gasteiger partial charge < -0.3 is 15.5 Å². The van der Waals surface area contributed by atoms with Gasteiger partial charge in [0.2, 0.25) is 5.91 Å². The van der Waals surface area contributed by atoms with E-state index in [0.29, 0.717) is 29.1 Å². The van der Waals surface area contributed by atoms with Crippen molar-refractivity contribution in [1.29, 1.82) is 0 Å². The van der Waals surface area contributed by atoms with E-state index < -0.39 is 5.97 Å². The SMILES string of the molecule is CCCC(=O)Nc1ccc(O)c(/C(C)=N/Nc2ccc(C(=O)O)cc2)c1. The predicted octanol–water partition coefficient (Wildman–Crippen LogP) is 3.67. The quantitative estimate of drug-likeness (QED) is 0.344. The summed E-state index contributed by atoms with van der Waals surface area (Å²) in [7, 11) is 0. The van der Waals surface area contributed by atoms with Gasteiger partial charge in [-0.1, -0.05) is 6.92 Å². The standard InChI is InChI=1S/C19H21N3O4/c1-3-4-18(24)20-15-9-10-17(23)16(11-15)12(2)21-22-14-7-5-13(6-8-14)19(25)26/h5-11,22-23H,3-4H2,1-2H3,(H,20,24)(H,25,26)/b21-12+. The van der Waals surface area contributed by atoms with E-state index in [9.17, 15) is 14.7 Å². The molecule has 2 rings (SSSR count). The summed E-state index contributed by atoms with van der Waals surface area (Å²) < 4.78 is 0. The fourth-order valence-electron chi connectivity index (χ4n) is 2.25. The molecule has 0 radical (unpaired) electrons. The van der Waals surface area contributed by atoms with Crippen molar-refractivity contribution in [2.75, 3.05) is 10.7 Å². The van der Waals surface area contributed by atoms with E-state index in [4.69, 9.17) is 5.11 Å². The number of benzene rings is 2. The average Bonchev–Trinajstić information content (AvgIpc) is 2.61. The van der Waals surface area contributed by atoms with Gasteiger partial charge in [0.15, 0.2) is 0 Å². The van der Waals surface area contributed by atoms with Crippen LogP contribution in [0, 0.1) is 0 Å². The predicted molar refractivity (Wildman–Crippen MR) is 101 cm³/mol. The second-order valence-electron chi connectivity index (χ2n) is 5.72. The zero-order valence-corrected chi connectivity index (χ0v) is 14.6. The van der Waals surface area contributed by atoms with Gasteiger partial charge in [0.25, 0.3) is 0 Å². The van der Waals surface area contributed by atoms with Crippen molar-refractivity contribution in [3.05, 3.63) is 53.6 Å². The van der Waals surface area contributed by atoms with Gasteiger partial charge in [-0.2, -0.15) is 5.10 Å². The maximum Gasteiger partial charge on any atom is 0.335 e. The molecule has 2 aromatic carbocycles. The number of carboxylic acid groups (broad SMARTS) is 1. The molecule has 0 bridgehead atoms. The normalized spacial score (nSPS) is 11.1. The molecule has 0 fully saturated rings. The number of nitrogens with one attached hydrogen (secondary N) is 2. The summed E-state index contributed by atoms with van der Waals surface area (Å²) in [5.74, 6) is -1.04. The molecule has 136 valence electrons. The molecule has 4 N–H and O–H groups in total. The van der Waals surface area contributed by atoms with Crippen LogP contribution in [0.5, 0.6) is 5.75 Å². The second-order valence-corrected chi connectivity index (χ2v) is 5.72. The van der Waals surface area contributed by atoms with Gasteiger partial charge in [-0.3, -0.25) is 10.2 Å². The Bertz CT molecular complexity index is 829. The van der Waals surface area contributed by atoms with E-state index in [1.54, 1.807) is 31.2 Å². The van der Waals surface area contributed by atoms with Crippen LogP contribution in [0.15, 0.2) is 47.6 Å². The van der Waals surface area contributed by atoms with E-state index in [1.165, 1.54) is 18.2 Å². The Labute approximate surface area is 151 Å². The van der Waals surface area contributed by atoms with E-state index in [1.807, 2.05) is 6.92 Å². The Hall–Kier alpha value is -3.35. The van der Waals surface area contributed by atoms with Crippen molar-refractivity contribution in [3.63, 3.8) is 0 Å². The lowest BCUT2D eigenvalue weighted by atomic mass is 10.1. The van der Waals surface area contributed by atoms with Gasteiger partial charge in [-0.15, -0.1) is 0 Å². The number of rotatable bonds is 7. The topological polar surface area (TPSA) is 111 Å². The van der Waals surface area contributed by atoms with Gasteiger partial charge in [-0.25, -0.2) is 4.79 Å². The zero-order valence-electron chi connectivity index (χ0n) is 14.6. The van der Waals surface area contributed by atoms with E-state index in [2.05, 4.69) is 15.8 Å². The zero-order chi connectivity index (χ0) is 19.1. The van der Waals surface area contributed by atoms with Crippen molar-refractivity contribution >= 4 is 29.0 Å². The first-order chi connectivity index (χ1) is 12.4. The minimum absolute atomic E-state index is 0.0442. The molecule has 0 saturated heterocycles. The number of hydrogen-bond acceptors (Lipinski definition) is 5. The molecule has 0 aromatic heterocycles. The minimum atomic E-state index is -0.997. The molecule has 7 heteroatoms. The van der Waals surface area contributed by atoms with Crippen LogP contribution < -0.4 is 10.7 Å². The molecule has 26 heavy (non-hydrogen) atoms. The molecule has 2 aromatic rings. The number of nitrogens with zero attached hydrogens (tertiary/aromatic N) is 1. The van der Waals surface area contributed by atoms with Crippen molar-refractivity contribution in [3.8, 4) is 5.75 Å². The lowest BCUT2D eigenvalue weighted by Crippen LogP contribution is -2.11. The molecule has 0 spiro atoms. The lowest BCUT2D eigenvalue weighted by molar-refractivity contribution is -0.116. The number of amides is 1. The first-order valence-corrected chi connectivity index (χ1v) is 8.17. The van der Waals surface area contributed by atoms with Crippen molar-refractivity contribution in [1.82, 2.24) is 0 Å². The van der Waals surface area contributed by atoms with Crippen LogP contribution in [-0.4, -0.2) is 27.8 Å². The first kappa shape index (κ1) is 19.0. The number of carbonyl (C=O) groups is 2. The van der Waals surface area contributed by atoms with Gasteiger partial charge in [0.1, 0.15) is 5.75 Å². The lowest BCUT2D eigenvalue weighted by Gasteiger charge is -2.09. The van der Waals surface area contributed by atoms with Crippen molar-refractivity contribution < 1.29 is 19.8 Å². The van der Waals surface area contributed by atoms with E-state index in [0.717, 1.165) is 6.42 Å². The number of carbonyl (C=O) groups excluding carboxylic acids is 1. The molecule has 0 aliphatic heterocycles. The van der Waals surface area contributed by atoms with Gasteiger partial charge in [-0.05, 0) is 55.8 Å². The summed E-state index contributed by atoms with van der Waals surface area (Å²) in [5, 5.41) is 25.9. The van der Waals surface area contributed by atoms with Crippen molar-refractivity contribution in [2.24, 2.45) is 5.10 Å². The van der Waals surface area contributed by atoms with E-state index in [-0.39, 0.29) is 17.2 Å².